The van der Waals surface area contributed by atoms with Gasteiger partial charge in [0, 0.05) is 44.6 Å². The first-order chi connectivity index (χ1) is 12.5. The standard InChI is InChI=1S/C20H32N6.HI/c1-15(14-19-16(2)25-26(5)17(19)3)24-20(21-4)23-13-9-12-22-18-10-7-6-8-11-18;/h6-8,10-11,15,22H,9,12-14H2,1-5H3,(H2,21,23,24);1H. The lowest BCUT2D eigenvalue weighted by atomic mass is 10.1. The number of guanidine groups is 1. The van der Waals surface area contributed by atoms with Crippen LogP contribution in [-0.2, 0) is 13.5 Å². The second kappa shape index (κ2) is 11.8. The summed E-state index contributed by atoms with van der Waals surface area (Å²) in [7, 11) is 3.80. The summed E-state index contributed by atoms with van der Waals surface area (Å²) < 4.78 is 1.95. The highest BCUT2D eigenvalue weighted by molar-refractivity contribution is 14.0. The predicted molar refractivity (Wildman–Crippen MR) is 125 cm³/mol. The van der Waals surface area contributed by atoms with Crippen LogP contribution in [0.4, 0.5) is 5.69 Å². The molecule has 1 unspecified atom stereocenters. The Bertz CT molecular complexity index is 711. The molecule has 1 atom stereocenters. The Kier molecular flexibility index (Phi) is 10.2. The van der Waals surface area contributed by atoms with Crippen LogP contribution in [0.25, 0.3) is 0 Å². The summed E-state index contributed by atoms with van der Waals surface area (Å²) in [6.07, 6.45) is 1.95. The smallest absolute Gasteiger partial charge is 0.191 e. The van der Waals surface area contributed by atoms with E-state index in [9.17, 15) is 0 Å². The predicted octanol–water partition coefficient (Wildman–Crippen LogP) is 3.25. The molecule has 3 N–H and O–H groups in total. The number of para-hydroxylation sites is 1. The molecule has 0 aliphatic rings. The SMILES string of the molecule is CN=C(NCCCNc1ccccc1)NC(C)Cc1c(C)nn(C)c1C.I. The van der Waals surface area contributed by atoms with E-state index in [0.717, 1.165) is 43.3 Å². The first-order valence-corrected chi connectivity index (χ1v) is 9.26. The first-order valence-electron chi connectivity index (χ1n) is 9.26. The lowest BCUT2D eigenvalue weighted by Gasteiger charge is -2.18. The van der Waals surface area contributed by atoms with Crippen molar-refractivity contribution in [1.82, 2.24) is 20.4 Å². The fourth-order valence-electron chi connectivity index (χ4n) is 2.98. The molecule has 6 nitrogen and oxygen atoms in total. The van der Waals surface area contributed by atoms with Gasteiger partial charge in [-0.2, -0.15) is 5.10 Å². The topological polar surface area (TPSA) is 66.3 Å². The number of anilines is 1. The largest absolute Gasteiger partial charge is 0.385 e. The number of rotatable bonds is 8. The number of nitrogens with one attached hydrogen (secondary N) is 3. The van der Waals surface area contributed by atoms with E-state index in [0.29, 0.717) is 0 Å². The van der Waals surface area contributed by atoms with Gasteiger partial charge < -0.3 is 16.0 Å². The van der Waals surface area contributed by atoms with Crippen LogP contribution < -0.4 is 16.0 Å². The van der Waals surface area contributed by atoms with E-state index in [2.05, 4.69) is 58.9 Å². The van der Waals surface area contributed by atoms with Crippen molar-refractivity contribution in [1.29, 1.82) is 0 Å². The van der Waals surface area contributed by atoms with Crippen molar-refractivity contribution in [3.63, 3.8) is 0 Å². The minimum absolute atomic E-state index is 0. The molecule has 0 fully saturated rings. The van der Waals surface area contributed by atoms with Crippen LogP contribution in [0.1, 0.15) is 30.3 Å². The number of hydrogen-bond donors (Lipinski definition) is 3. The van der Waals surface area contributed by atoms with E-state index >= 15 is 0 Å². The molecule has 0 saturated carbocycles. The Labute approximate surface area is 180 Å². The van der Waals surface area contributed by atoms with Gasteiger partial charge in [-0.25, -0.2) is 0 Å². The second-order valence-electron chi connectivity index (χ2n) is 6.67. The minimum Gasteiger partial charge on any atom is -0.385 e. The average molecular weight is 484 g/mol. The molecular weight excluding hydrogens is 451 g/mol. The molecular formula is C20H33IN6. The lowest BCUT2D eigenvalue weighted by Crippen LogP contribution is -2.43. The van der Waals surface area contributed by atoms with Gasteiger partial charge in [-0.05, 0) is 51.3 Å². The number of aryl methyl sites for hydroxylation is 2. The van der Waals surface area contributed by atoms with Crippen molar-refractivity contribution in [3.8, 4) is 0 Å². The van der Waals surface area contributed by atoms with Gasteiger partial charge in [-0.1, -0.05) is 18.2 Å². The normalized spacial score (nSPS) is 12.3. The van der Waals surface area contributed by atoms with Crippen LogP contribution in [0.5, 0.6) is 0 Å². The summed E-state index contributed by atoms with van der Waals surface area (Å²) in [5.74, 6) is 0.844. The molecule has 0 bridgehead atoms. The number of nitrogens with zero attached hydrogens (tertiary/aromatic N) is 3. The van der Waals surface area contributed by atoms with Crippen LogP contribution >= 0.6 is 24.0 Å². The van der Waals surface area contributed by atoms with Crippen LogP contribution in [0, 0.1) is 13.8 Å². The van der Waals surface area contributed by atoms with Gasteiger partial charge in [0.25, 0.3) is 0 Å². The van der Waals surface area contributed by atoms with Gasteiger partial charge in [0.05, 0.1) is 5.69 Å². The zero-order chi connectivity index (χ0) is 18.9. The van der Waals surface area contributed by atoms with Gasteiger partial charge in [0.2, 0.25) is 0 Å². The number of hydrogen-bond acceptors (Lipinski definition) is 3. The Morgan fingerprint density at radius 2 is 1.89 bits per heavy atom. The molecule has 1 aromatic heterocycles. The molecule has 0 aliphatic carbocycles. The third kappa shape index (κ3) is 7.40. The van der Waals surface area contributed by atoms with E-state index in [1.165, 1.54) is 11.3 Å². The van der Waals surface area contributed by atoms with E-state index in [4.69, 9.17) is 0 Å². The molecule has 0 radical (unpaired) electrons. The molecule has 150 valence electrons. The van der Waals surface area contributed by atoms with Gasteiger partial charge in [0.15, 0.2) is 5.96 Å². The Balaban J connectivity index is 0.00000364. The fraction of sp³-hybridized carbons (Fsp3) is 0.500. The maximum Gasteiger partial charge on any atom is 0.191 e. The molecule has 0 saturated heterocycles. The first kappa shape index (κ1) is 23.3. The average Bonchev–Trinajstić information content (AvgIpc) is 2.87. The zero-order valence-corrected chi connectivity index (χ0v) is 19.4. The highest BCUT2D eigenvalue weighted by atomic mass is 127. The van der Waals surface area contributed by atoms with Crippen molar-refractivity contribution in [2.45, 2.75) is 39.7 Å². The monoisotopic (exact) mass is 484 g/mol. The molecule has 0 spiro atoms. The Morgan fingerprint density at radius 1 is 1.19 bits per heavy atom. The quantitative estimate of drug-likeness (QED) is 0.233. The third-order valence-electron chi connectivity index (χ3n) is 4.52. The number of aromatic nitrogens is 2. The van der Waals surface area contributed by atoms with E-state index in [-0.39, 0.29) is 30.0 Å². The molecule has 0 aliphatic heterocycles. The molecule has 1 aromatic carbocycles. The van der Waals surface area contributed by atoms with E-state index in [1.54, 1.807) is 0 Å². The number of halogens is 1. The van der Waals surface area contributed by atoms with E-state index < -0.39 is 0 Å². The second-order valence-corrected chi connectivity index (χ2v) is 6.67. The van der Waals surface area contributed by atoms with Crippen molar-refractivity contribution < 1.29 is 0 Å². The Morgan fingerprint density at radius 3 is 2.48 bits per heavy atom. The summed E-state index contributed by atoms with van der Waals surface area (Å²) >= 11 is 0. The maximum atomic E-state index is 4.49. The lowest BCUT2D eigenvalue weighted by molar-refractivity contribution is 0.633. The Hall–Kier alpha value is -1.77. The van der Waals surface area contributed by atoms with Crippen LogP contribution in [-0.4, -0.2) is 41.9 Å². The fourth-order valence-corrected chi connectivity index (χ4v) is 2.98. The highest BCUT2D eigenvalue weighted by Crippen LogP contribution is 2.14. The number of benzene rings is 1. The van der Waals surface area contributed by atoms with Crippen LogP contribution in [0.15, 0.2) is 35.3 Å². The summed E-state index contributed by atoms with van der Waals surface area (Å²) in [5, 5.41) is 14.8. The van der Waals surface area contributed by atoms with Crippen molar-refractivity contribution in [2.24, 2.45) is 12.0 Å². The van der Waals surface area contributed by atoms with Gasteiger partial charge in [-0.3, -0.25) is 9.67 Å². The number of aliphatic imine (C=N–C) groups is 1. The van der Waals surface area contributed by atoms with Crippen molar-refractivity contribution in [3.05, 3.63) is 47.3 Å². The summed E-state index contributed by atoms with van der Waals surface area (Å²) in [6, 6.07) is 10.6. The molecule has 7 heteroatoms. The molecule has 1 heterocycles. The van der Waals surface area contributed by atoms with Gasteiger partial charge in [-0.15, -0.1) is 24.0 Å². The summed E-state index contributed by atoms with van der Waals surface area (Å²) in [4.78, 5) is 4.33. The van der Waals surface area contributed by atoms with Crippen LogP contribution in [0.3, 0.4) is 0 Å². The third-order valence-corrected chi connectivity index (χ3v) is 4.52. The zero-order valence-electron chi connectivity index (χ0n) is 17.0. The molecule has 2 rings (SSSR count). The van der Waals surface area contributed by atoms with Crippen molar-refractivity contribution >= 4 is 35.6 Å². The minimum atomic E-state index is 0. The van der Waals surface area contributed by atoms with Gasteiger partial charge in [0.1, 0.15) is 0 Å². The maximum absolute atomic E-state index is 4.49. The molecule has 0 amide bonds. The summed E-state index contributed by atoms with van der Waals surface area (Å²) in [6.45, 7) is 8.17. The van der Waals surface area contributed by atoms with Crippen molar-refractivity contribution in [2.75, 3.05) is 25.5 Å². The molecule has 27 heavy (non-hydrogen) atoms. The van der Waals surface area contributed by atoms with E-state index in [1.807, 2.05) is 37.0 Å². The van der Waals surface area contributed by atoms with Gasteiger partial charge >= 0.3 is 0 Å². The van der Waals surface area contributed by atoms with Crippen LogP contribution in [0.2, 0.25) is 0 Å². The molecule has 2 aromatic rings. The summed E-state index contributed by atoms with van der Waals surface area (Å²) in [5.41, 5.74) is 4.81. The highest BCUT2D eigenvalue weighted by Gasteiger charge is 2.13.